The molecule has 0 saturated carbocycles. The number of hydrogen-bond donors (Lipinski definition) is 0. The van der Waals surface area contributed by atoms with E-state index in [9.17, 15) is 4.79 Å². The Balaban J connectivity index is 2.64. The Kier molecular flexibility index (Phi) is 2.92. The van der Waals surface area contributed by atoms with Crippen LogP contribution in [0.25, 0.3) is 6.08 Å². The number of methoxy groups -OCH3 is 1. The molecule has 2 heteroatoms. The van der Waals surface area contributed by atoms with Gasteiger partial charge in [-0.2, -0.15) is 0 Å². The normalized spacial score (nSPS) is 9.42. The van der Waals surface area contributed by atoms with Crippen molar-refractivity contribution >= 4 is 12.0 Å². The molecule has 0 aliphatic rings. The number of ether oxygens (including phenoxy) is 1. The maximum Gasteiger partial charge on any atom is 0.330 e. The molecule has 0 radical (unpaired) electrons. The third-order valence-corrected chi connectivity index (χ3v) is 1.27. The first-order valence-corrected chi connectivity index (χ1v) is 3.47. The van der Waals surface area contributed by atoms with E-state index in [1.807, 2.05) is 12.1 Å². The largest absolute Gasteiger partial charge is 0.466 e. The quantitative estimate of drug-likeness (QED) is 0.483. The lowest BCUT2D eigenvalue weighted by Gasteiger charge is -1.88. The molecule has 12 heavy (non-hydrogen) atoms. The van der Waals surface area contributed by atoms with Gasteiger partial charge in [-0.05, 0) is 18.2 Å². The Bertz CT molecular complexity index is 275. The summed E-state index contributed by atoms with van der Waals surface area (Å²) >= 11 is 0. The summed E-state index contributed by atoms with van der Waals surface area (Å²) in [5.74, 6) is -0.368. The van der Waals surface area contributed by atoms with E-state index in [-0.39, 0.29) is 5.97 Å². The van der Waals surface area contributed by atoms with Crippen molar-refractivity contribution in [3.63, 3.8) is 0 Å². The van der Waals surface area contributed by atoms with Gasteiger partial charge in [0.05, 0.1) is 7.11 Å². The van der Waals surface area contributed by atoms with Crippen molar-refractivity contribution in [1.29, 1.82) is 0 Å². The van der Waals surface area contributed by atoms with Crippen LogP contribution in [-0.4, -0.2) is 13.1 Å². The zero-order chi connectivity index (χ0) is 8.81. The highest BCUT2D eigenvalue weighted by Crippen LogP contribution is 1.96. The van der Waals surface area contributed by atoms with Crippen molar-refractivity contribution in [2.75, 3.05) is 7.11 Å². The number of carbonyl (C=O) groups is 1. The van der Waals surface area contributed by atoms with Gasteiger partial charge < -0.3 is 4.74 Å². The molecule has 0 heterocycles. The van der Waals surface area contributed by atoms with Gasteiger partial charge in [0.15, 0.2) is 0 Å². The summed E-state index contributed by atoms with van der Waals surface area (Å²) in [5.41, 5.74) is 0.808. The number of hydrogen-bond acceptors (Lipinski definition) is 2. The highest BCUT2D eigenvalue weighted by atomic mass is 16.5. The first-order chi connectivity index (χ1) is 5.83. The van der Waals surface area contributed by atoms with Gasteiger partial charge in [-0.3, -0.25) is 0 Å². The maximum atomic E-state index is 10.7. The SMILES string of the molecule is COC(=O)/C=C/c1c#cccc1. The van der Waals surface area contributed by atoms with Crippen LogP contribution in [0, 0.1) is 12.1 Å². The molecule has 1 aromatic carbocycles. The minimum atomic E-state index is -0.368. The van der Waals surface area contributed by atoms with Gasteiger partial charge in [0.1, 0.15) is 0 Å². The molecule has 0 amide bonds. The molecule has 0 fully saturated rings. The predicted molar refractivity (Wildman–Crippen MR) is 45.2 cm³/mol. The molecule has 2 nitrogen and oxygen atoms in total. The van der Waals surface area contributed by atoms with Gasteiger partial charge in [0.25, 0.3) is 0 Å². The van der Waals surface area contributed by atoms with Crippen molar-refractivity contribution in [3.8, 4) is 0 Å². The fourth-order valence-corrected chi connectivity index (χ4v) is 0.690. The molecule has 1 rings (SSSR count). The van der Waals surface area contributed by atoms with Crippen molar-refractivity contribution < 1.29 is 9.53 Å². The molecule has 60 valence electrons. The average molecular weight is 160 g/mol. The van der Waals surface area contributed by atoms with Gasteiger partial charge >= 0.3 is 5.97 Å². The molecule has 0 aromatic heterocycles. The molecular weight excluding hydrogens is 152 g/mol. The molecule has 0 aliphatic carbocycles. The van der Waals surface area contributed by atoms with Crippen LogP contribution >= 0.6 is 0 Å². The lowest BCUT2D eigenvalue weighted by molar-refractivity contribution is -0.134. The molecule has 1 aromatic rings. The second-order valence-electron chi connectivity index (χ2n) is 2.11. The Morgan fingerprint density at radius 1 is 1.67 bits per heavy atom. The van der Waals surface area contributed by atoms with E-state index in [1.165, 1.54) is 13.2 Å². The average Bonchev–Trinajstić information content (AvgIpc) is 2.16. The van der Waals surface area contributed by atoms with E-state index in [2.05, 4.69) is 16.9 Å². The predicted octanol–water partition coefficient (Wildman–Crippen LogP) is 1.47. The maximum absolute atomic E-state index is 10.7. The molecule has 0 N–H and O–H groups in total. The Hall–Kier alpha value is -1.75. The van der Waals surface area contributed by atoms with Gasteiger partial charge in [0, 0.05) is 11.6 Å². The molecule has 0 saturated heterocycles. The molecular formula is C10H8O2. The first kappa shape index (κ1) is 8.35. The van der Waals surface area contributed by atoms with Gasteiger partial charge in [-0.25, -0.2) is 4.79 Å². The van der Waals surface area contributed by atoms with Gasteiger partial charge in [-0.15, -0.1) is 0 Å². The van der Waals surface area contributed by atoms with E-state index < -0.39 is 0 Å². The van der Waals surface area contributed by atoms with Crippen molar-refractivity contribution in [2.24, 2.45) is 0 Å². The molecule has 0 aliphatic heterocycles. The highest BCUT2D eigenvalue weighted by Gasteiger charge is 1.89. The van der Waals surface area contributed by atoms with Crippen LogP contribution in [0.1, 0.15) is 5.56 Å². The fraction of sp³-hybridized carbons (Fsp3) is 0.100. The molecule has 0 bridgehead atoms. The second kappa shape index (κ2) is 4.20. The topological polar surface area (TPSA) is 26.3 Å². The lowest BCUT2D eigenvalue weighted by Crippen LogP contribution is -1.92. The summed E-state index contributed by atoms with van der Waals surface area (Å²) in [7, 11) is 1.34. The number of esters is 1. The standard InChI is InChI=1S/C10H8O2/c1-12-10(11)8-7-9-5-3-2-4-6-9/h2-3,5,7-8H,1H3/b8-7+. The van der Waals surface area contributed by atoms with Crippen molar-refractivity contribution in [2.45, 2.75) is 0 Å². The van der Waals surface area contributed by atoms with E-state index in [4.69, 9.17) is 0 Å². The summed E-state index contributed by atoms with van der Waals surface area (Å²) in [4.78, 5) is 10.7. The zero-order valence-electron chi connectivity index (χ0n) is 6.70. The summed E-state index contributed by atoms with van der Waals surface area (Å²) in [6.45, 7) is 0. The summed E-state index contributed by atoms with van der Waals surface area (Å²) in [6, 6.07) is 11.0. The van der Waals surface area contributed by atoms with Crippen LogP contribution in [0.5, 0.6) is 0 Å². The third-order valence-electron chi connectivity index (χ3n) is 1.27. The van der Waals surface area contributed by atoms with Crippen LogP contribution in [0.15, 0.2) is 24.3 Å². The van der Waals surface area contributed by atoms with Crippen LogP contribution in [-0.2, 0) is 9.53 Å². The summed E-state index contributed by atoms with van der Waals surface area (Å²) in [6.07, 6.45) is 2.97. The van der Waals surface area contributed by atoms with Crippen LogP contribution < -0.4 is 0 Å². The van der Waals surface area contributed by atoms with Gasteiger partial charge in [0.2, 0.25) is 0 Å². The van der Waals surface area contributed by atoms with Crippen molar-refractivity contribution in [1.82, 2.24) is 0 Å². The molecule has 0 unspecified atom stereocenters. The molecule has 0 spiro atoms. The number of rotatable bonds is 2. The smallest absolute Gasteiger partial charge is 0.330 e. The second-order valence-corrected chi connectivity index (χ2v) is 2.11. The zero-order valence-corrected chi connectivity index (χ0v) is 6.70. The van der Waals surface area contributed by atoms with Crippen molar-refractivity contribution in [3.05, 3.63) is 42.0 Å². The van der Waals surface area contributed by atoms with Crippen LogP contribution in [0.3, 0.4) is 0 Å². The van der Waals surface area contributed by atoms with Crippen LogP contribution in [0.2, 0.25) is 0 Å². The Morgan fingerprint density at radius 2 is 2.50 bits per heavy atom. The van der Waals surface area contributed by atoms with E-state index in [1.54, 1.807) is 12.1 Å². The highest BCUT2D eigenvalue weighted by molar-refractivity contribution is 5.86. The van der Waals surface area contributed by atoms with Crippen LogP contribution in [0.4, 0.5) is 0 Å². The minimum Gasteiger partial charge on any atom is -0.466 e. The van der Waals surface area contributed by atoms with E-state index in [0.29, 0.717) is 0 Å². The minimum absolute atomic E-state index is 0.368. The van der Waals surface area contributed by atoms with E-state index in [0.717, 1.165) is 5.56 Å². The number of carbonyl (C=O) groups excluding carboxylic acids is 1. The fourth-order valence-electron chi connectivity index (χ4n) is 0.690. The Morgan fingerprint density at radius 3 is 3.08 bits per heavy atom. The van der Waals surface area contributed by atoms with E-state index >= 15 is 0 Å². The monoisotopic (exact) mass is 160 g/mol. The first-order valence-electron chi connectivity index (χ1n) is 3.47. The summed E-state index contributed by atoms with van der Waals surface area (Å²) in [5, 5.41) is 0. The summed E-state index contributed by atoms with van der Waals surface area (Å²) < 4.78 is 4.42. The third kappa shape index (κ3) is 2.47. The molecule has 0 atom stereocenters. The van der Waals surface area contributed by atoms with Gasteiger partial charge in [-0.1, -0.05) is 18.2 Å². The lowest BCUT2D eigenvalue weighted by atomic mass is 10.2. The Labute approximate surface area is 71.5 Å².